The third-order valence-electron chi connectivity index (χ3n) is 15.2. The first-order valence-electron chi connectivity index (χ1n) is 23.3. The quantitative estimate of drug-likeness (QED) is 0.142. The monoisotopic (exact) mass is 832 g/mol. The number of hydrogen-bond acceptors (Lipinski definition) is 2. The van der Waals surface area contributed by atoms with Gasteiger partial charge in [-0.25, -0.2) is 0 Å². The number of rotatable bonds is 0. The minimum atomic E-state index is -0.0559. The summed E-state index contributed by atoms with van der Waals surface area (Å²) in [6.45, 7) is 27.9. The molecule has 64 heavy (non-hydrogen) atoms. The van der Waals surface area contributed by atoms with Gasteiger partial charge in [0.15, 0.2) is 0 Å². The van der Waals surface area contributed by atoms with Crippen LogP contribution in [0.3, 0.4) is 0 Å². The van der Waals surface area contributed by atoms with Crippen LogP contribution in [0.15, 0.2) is 109 Å². The molecular formula is C58H54B2N2O2. The molecule has 2 aromatic heterocycles. The van der Waals surface area contributed by atoms with Crippen molar-refractivity contribution in [3.8, 4) is 34.4 Å². The predicted molar refractivity (Wildman–Crippen MR) is 272 cm³/mol. The zero-order chi connectivity index (χ0) is 44.3. The van der Waals surface area contributed by atoms with Crippen LogP contribution in [0.2, 0.25) is 0 Å². The molecule has 6 heteroatoms. The molecule has 13 rings (SSSR count). The molecule has 0 radical (unpaired) electrons. The Hall–Kier alpha value is -6.13. The van der Waals surface area contributed by atoms with Crippen LogP contribution in [0.5, 0.6) is 23.0 Å². The largest absolute Gasteiger partial charge is 0.458 e. The van der Waals surface area contributed by atoms with Crippen LogP contribution < -0.4 is 42.3 Å². The average molecular weight is 833 g/mol. The van der Waals surface area contributed by atoms with Gasteiger partial charge in [0, 0.05) is 44.0 Å². The Morgan fingerprint density at radius 3 is 1.11 bits per heavy atom. The maximum absolute atomic E-state index is 7.22. The second-order valence-corrected chi connectivity index (χ2v) is 23.4. The number of benzene rings is 7. The summed E-state index contributed by atoms with van der Waals surface area (Å²) in [5.74, 6) is 3.68. The molecule has 0 saturated heterocycles. The minimum Gasteiger partial charge on any atom is -0.458 e. The Kier molecular flexibility index (Phi) is 7.16. The van der Waals surface area contributed by atoms with Gasteiger partial charge in [-0.15, -0.1) is 0 Å². The number of fused-ring (bicyclic) bond motifs is 14. The molecule has 7 aromatic carbocycles. The highest BCUT2D eigenvalue weighted by molar-refractivity contribution is 7.01. The van der Waals surface area contributed by atoms with E-state index >= 15 is 0 Å². The number of ether oxygens (including phenoxy) is 2. The van der Waals surface area contributed by atoms with Crippen LogP contribution in [-0.4, -0.2) is 22.6 Å². The summed E-state index contributed by atoms with van der Waals surface area (Å²) in [5, 5.41) is 5.25. The number of aromatic nitrogens is 2. The molecule has 0 N–H and O–H groups in total. The van der Waals surface area contributed by atoms with Crippen molar-refractivity contribution < 1.29 is 9.47 Å². The zero-order valence-corrected chi connectivity index (χ0v) is 39.3. The fourth-order valence-corrected chi connectivity index (χ4v) is 11.7. The Labute approximate surface area is 377 Å². The van der Waals surface area contributed by atoms with Gasteiger partial charge in [-0.3, -0.25) is 0 Å². The molecule has 9 aromatic rings. The minimum absolute atomic E-state index is 0.0274. The third-order valence-corrected chi connectivity index (χ3v) is 15.2. The van der Waals surface area contributed by atoms with Gasteiger partial charge >= 0.3 is 0 Å². The summed E-state index contributed by atoms with van der Waals surface area (Å²) < 4.78 is 19.5. The van der Waals surface area contributed by atoms with Crippen molar-refractivity contribution in [3.05, 3.63) is 131 Å². The molecule has 314 valence electrons. The van der Waals surface area contributed by atoms with Crippen LogP contribution in [0.1, 0.15) is 105 Å². The number of nitrogens with zero attached hydrogens (tertiary/aromatic N) is 2. The van der Waals surface area contributed by atoms with E-state index in [-0.39, 0.29) is 35.1 Å². The first-order valence-corrected chi connectivity index (χ1v) is 23.3. The van der Waals surface area contributed by atoms with Crippen LogP contribution in [0.4, 0.5) is 0 Å². The summed E-state index contributed by atoms with van der Waals surface area (Å²) >= 11 is 0. The summed E-state index contributed by atoms with van der Waals surface area (Å²) in [4.78, 5) is 0. The van der Waals surface area contributed by atoms with Crippen LogP contribution in [0, 0.1) is 0 Å². The molecule has 4 aliphatic rings. The Morgan fingerprint density at radius 2 is 0.734 bits per heavy atom. The fraction of sp³-hybridized carbons (Fsp3) is 0.276. The van der Waals surface area contributed by atoms with Crippen molar-refractivity contribution >= 4 is 89.8 Å². The summed E-state index contributed by atoms with van der Waals surface area (Å²) in [5.41, 5.74) is 20.2. The van der Waals surface area contributed by atoms with E-state index in [1.54, 1.807) is 0 Å². The lowest BCUT2D eigenvalue weighted by Crippen LogP contribution is -2.61. The van der Waals surface area contributed by atoms with E-state index in [9.17, 15) is 0 Å². The summed E-state index contributed by atoms with van der Waals surface area (Å²) in [6, 6.07) is 42.2. The van der Waals surface area contributed by atoms with Gasteiger partial charge in [-0.2, -0.15) is 0 Å². The van der Waals surface area contributed by atoms with E-state index in [4.69, 9.17) is 9.47 Å². The standard InChI is InChI=1S/C58H54B2N2O2/c1-55(2,3)31-19-21-43-35(23-31)37-25-33(57(7,8)9)27-41-53(37)61(43)45-15-13-17-47-51(45)59(41)39-29-50-40(30-49(39)63-47)60-42-28-34(58(10,11)12)26-38-36-24-32(56(4,5)6)20-22-44(36)62(54(38)42)46-16-14-18-48(64-50)52(46)60/h13-30H,1-12H3. The highest BCUT2D eigenvalue weighted by Crippen LogP contribution is 2.44. The Balaban J connectivity index is 1.09. The summed E-state index contributed by atoms with van der Waals surface area (Å²) in [6.07, 6.45) is 0. The van der Waals surface area contributed by atoms with Gasteiger partial charge in [0.05, 0.1) is 11.0 Å². The van der Waals surface area contributed by atoms with E-state index in [2.05, 4.69) is 201 Å². The Morgan fingerprint density at radius 1 is 0.359 bits per heavy atom. The molecular weight excluding hydrogens is 778 g/mol. The van der Waals surface area contributed by atoms with Gasteiger partial charge in [0.1, 0.15) is 23.0 Å². The van der Waals surface area contributed by atoms with E-state index in [0.29, 0.717) is 0 Å². The van der Waals surface area contributed by atoms with E-state index in [1.165, 1.54) is 99.1 Å². The molecule has 0 aliphatic carbocycles. The van der Waals surface area contributed by atoms with E-state index in [1.807, 2.05) is 0 Å². The fourth-order valence-electron chi connectivity index (χ4n) is 11.7. The first-order chi connectivity index (χ1) is 30.3. The summed E-state index contributed by atoms with van der Waals surface area (Å²) in [7, 11) is 0. The lowest BCUT2D eigenvalue weighted by atomic mass is 9.32. The van der Waals surface area contributed by atoms with Crippen molar-refractivity contribution in [2.75, 3.05) is 0 Å². The topological polar surface area (TPSA) is 28.3 Å². The second kappa shape index (κ2) is 12.0. The van der Waals surface area contributed by atoms with E-state index < -0.39 is 0 Å². The molecule has 4 nitrogen and oxygen atoms in total. The second-order valence-electron chi connectivity index (χ2n) is 23.4. The van der Waals surface area contributed by atoms with Crippen LogP contribution in [-0.2, 0) is 21.7 Å². The van der Waals surface area contributed by atoms with Gasteiger partial charge in [0.25, 0.3) is 13.4 Å². The molecule has 0 saturated carbocycles. The first kappa shape index (κ1) is 38.3. The maximum Gasteiger partial charge on any atom is 0.256 e. The van der Waals surface area contributed by atoms with Crippen LogP contribution >= 0.6 is 0 Å². The van der Waals surface area contributed by atoms with Gasteiger partial charge in [-0.05, 0) is 149 Å². The lowest BCUT2D eigenvalue weighted by Gasteiger charge is -2.37. The molecule has 6 heterocycles. The van der Waals surface area contributed by atoms with Gasteiger partial charge in [0.2, 0.25) is 0 Å². The Bertz CT molecular complexity index is 3370. The zero-order valence-electron chi connectivity index (χ0n) is 39.3. The van der Waals surface area contributed by atoms with Gasteiger partial charge < -0.3 is 18.6 Å². The predicted octanol–water partition coefficient (Wildman–Crippen LogP) is 10.9. The van der Waals surface area contributed by atoms with Crippen LogP contribution in [0.25, 0.3) is 55.0 Å². The molecule has 0 atom stereocenters. The average Bonchev–Trinajstić information content (AvgIpc) is 3.75. The third kappa shape index (κ3) is 4.98. The molecule has 4 aliphatic heterocycles. The van der Waals surface area contributed by atoms with Gasteiger partial charge in [-0.1, -0.05) is 119 Å². The molecule has 0 unspecified atom stereocenters. The SMILES string of the molecule is CC(C)(C)c1ccc2c(c1)c1cc(C(C)(C)C)cc3c1n2-c1cccc2c1B3c1cc3c(cc1O2)B1c2c(cccc2-n2c4ccc(C(C)(C)C)cc4c4cc(C(C)(C)C)cc1c42)O3. The lowest BCUT2D eigenvalue weighted by molar-refractivity contribution is 0.475. The van der Waals surface area contributed by atoms with Crippen molar-refractivity contribution in [3.63, 3.8) is 0 Å². The maximum atomic E-state index is 7.22. The van der Waals surface area contributed by atoms with Crippen molar-refractivity contribution in [2.45, 2.75) is 105 Å². The number of hydrogen-bond donors (Lipinski definition) is 0. The molecule has 0 fully saturated rings. The molecule has 0 bridgehead atoms. The van der Waals surface area contributed by atoms with Crippen molar-refractivity contribution in [1.29, 1.82) is 0 Å². The van der Waals surface area contributed by atoms with Crippen molar-refractivity contribution in [1.82, 2.24) is 9.13 Å². The smallest absolute Gasteiger partial charge is 0.256 e. The molecule has 0 spiro atoms. The highest BCUT2D eigenvalue weighted by Gasteiger charge is 2.46. The highest BCUT2D eigenvalue weighted by atomic mass is 16.5. The van der Waals surface area contributed by atoms with E-state index in [0.717, 1.165) is 33.9 Å². The van der Waals surface area contributed by atoms with Crippen molar-refractivity contribution in [2.24, 2.45) is 0 Å². The molecule has 0 amide bonds. The normalized spacial score (nSPS) is 14.8.